The van der Waals surface area contributed by atoms with Crippen LogP contribution in [0.4, 0.5) is 0 Å². The molecule has 116 valence electrons. The highest BCUT2D eigenvalue weighted by Gasteiger charge is 2.68. The maximum absolute atomic E-state index is 11.9. The Morgan fingerprint density at radius 1 is 1.20 bits per heavy atom. The number of cyclic esters (lactones) is 1. The minimum absolute atomic E-state index is 0.984. The fourth-order valence-corrected chi connectivity index (χ4v) is 2.10. The topological polar surface area (TPSA) is 110 Å². The van der Waals surface area contributed by atoms with Crippen molar-refractivity contribution in [1.82, 2.24) is 0 Å². The fourth-order valence-electron chi connectivity index (χ4n) is 2.10. The van der Waals surface area contributed by atoms with Gasteiger partial charge in [0.05, 0.1) is 7.11 Å². The molecule has 0 saturated carbocycles. The van der Waals surface area contributed by atoms with E-state index in [0.29, 0.717) is 0 Å². The van der Waals surface area contributed by atoms with Gasteiger partial charge in [-0.2, -0.15) is 0 Å². The lowest BCUT2D eigenvalue weighted by molar-refractivity contribution is -0.281. The third-order valence-electron chi connectivity index (χ3n) is 3.25. The van der Waals surface area contributed by atoms with Gasteiger partial charge in [-0.25, -0.2) is 9.59 Å². The average Bonchev–Trinajstić information content (AvgIpc) is 2.73. The number of aliphatic hydroxyl groups is 1. The molecule has 0 aromatic heterocycles. The fraction of sp³-hybridized carbons (Fsp3) is 0.818. The first-order valence-electron chi connectivity index (χ1n) is 5.58. The highest BCUT2D eigenvalue weighted by molar-refractivity contribution is 5.85. The maximum atomic E-state index is 11.9. The molecule has 2 atom stereocenters. The molecule has 1 rings (SSSR count). The number of carbonyl (C=O) groups excluding carboxylic acids is 2. The third-order valence-corrected chi connectivity index (χ3v) is 3.25. The summed E-state index contributed by atoms with van der Waals surface area (Å²) in [6.07, 6.45) is -3.21. The minimum atomic E-state index is -2.14. The molecule has 1 N–H and O–H groups in total. The normalized spacial score (nSPS) is 25.4. The largest absolute Gasteiger partial charge is 0.465 e. The van der Waals surface area contributed by atoms with E-state index in [9.17, 15) is 14.7 Å². The molecule has 0 bridgehead atoms. The molecule has 0 radical (unpaired) electrons. The number of aliphatic hydroxyl groups excluding tert-OH is 1. The number of esters is 2. The highest BCUT2D eigenvalue weighted by Crippen LogP contribution is 2.37. The highest BCUT2D eigenvalue weighted by atomic mass is 16.8. The quantitative estimate of drug-likeness (QED) is 0.458. The first-order valence-corrected chi connectivity index (χ1v) is 5.58. The Hall–Kier alpha value is -1.26. The molecular weight excluding hydrogens is 276 g/mol. The van der Waals surface area contributed by atoms with E-state index in [0.717, 1.165) is 35.5 Å². The molecular formula is C11H18O9. The second-order valence-corrected chi connectivity index (χ2v) is 3.91. The molecule has 1 fully saturated rings. The molecule has 1 saturated heterocycles. The summed E-state index contributed by atoms with van der Waals surface area (Å²) in [5, 5.41) is 10.2. The van der Waals surface area contributed by atoms with Crippen LogP contribution in [0.3, 0.4) is 0 Å². The monoisotopic (exact) mass is 294 g/mol. The zero-order chi connectivity index (χ0) is 15.6. The Bertz CT molecular complexity index is 372. The molecule has 0 aromatic carbocycles. The van der Waals surface area contributed by atoms with Crippen LogP contribution in [-0.2, 0) is 38.0 Å². The Morgan fingerprint density at radius 3 is 2.00 bits per heavy atom. The van der Waals surface area contributed by atoms with Crippen LogP contribution in [0.2, 0.25) is 0 Å². The van der Waals surface area contributed by atoms with Gasteiger partial charge >= 0.3 is 17.7 Å². The van der Waals surface area contributed by atoms with E-state index >= 15 is 0 Å². The van der Waals surface area contributed by atoms with E-state index in [1.165, 1.54) is 0 Å². The lowest BCUT2D eigenvalue weighted by Crippen LogP contribution is -2.60. The van der Waals surface area contributed by atoms with Crippen LogP contribution in [0.15, 0.2) is 0 Å². The first kappa shape index (κ1) is 16.8. The van der Waals surface area contributed by atoms with E-state index in [4.69, 9.17) is 23.7 Å². The molecule has 9 heteroatoms. The Morgan fingerprint density at radius 2 is 1.70 bits per heavy atom. The standard InChI is InChI=1S/C11H18O9/c1-15-8(13)11(18-4,19-5)7-6(12)10(16-2,17-3)9(14)20-7/h6-7,12H,1-5H3. The van der Waals surface area contributed by atoms with Crippen LogP contribution in [0.25, 0.3) is 0 Å². The second kappa shape index (κ2) is 6.02. The predicted octanol–water partition coefficient (Wildman–Crippen LogP) is -1.58. The molecule has 0 aromatic rings. The summed E-state index contributed by atoms with van der Waals surface area (Å²) in [7, 11) is 5.67. The molecule has 1 aliphatic rings. The third kappa shape index (κ3) is 2.07. The molecule has 1 aliphatic heterocycles. The molecule has 2 unspecified atom stereocenters. The summed E-state index contributed by atoms with van der Waals surface area (Å²) in [5.41, 5.74) is 0. The lowest BCUT2D eigenvalue weighted by atomic mass is 10.00. The first-order chi connectivity index (χ1) is 9.39. The van der Waals surface area contributed by atoms with Crippen molar-refractivity contribution in [3.05, 3.63) is 0 Å². The number of hydrogen-bond donors (Lipinski definition) is 1. The Kier molecular flexibility index (Phi) is 5.05. The summed E-state index contributed by atoms with van der Waals surface area (Å²) >= 11 is 0. The van der Waals surface area contributed by atoms with Gasteiger partial charge in [0.2, 0.25) is 0 Å². The van der Waals surface area contributed by atoms with Gasteiger partial charge in [0.1, 0.15) is 0 Å². The SMILES string of the molecule is COC(=O)C(OC)(OC)C1OC(=O)C(OC)(OC)C1O. The van der Waals surface area contributed by atoms with E-state index in [2.05, 4.69) is 4.74 Å². The zero-order valence-electron chi connectivity index (χ0n) is 11.9. The van der Waals surface area contributed by atoms with Gasteiger partial charge in [-0.15, -0.1) is 0 Å². The average molecular weight is 294 g/mol. The van der Waals surface area contributed by atoms with Gasteiger partial charge in [0.25, 0.3) is 5.79 Å². The van der Waals surface area contributed by atoms with Gasteiger partial charge in [-0.1, -0.05) is 0 Å². The molecule has 20 heavy (non-hydrogen) atoms. The van der Waals surface area contributed by atoms with Crippen LogP contribution in [-0.4, -0.2) is 76.4 Å². The van der Waals surface area contributed by atoms with E-state index < -0.39 is 35.7 Å². The molecule has 1 heterocycles. The lowest BCUT2D eigenvalue weighted by Gasteiger charge is -2.34. The maximum Gasteiger partial charge on any atom is 0.370 e. The van der Waals surface area contributed by atoms with Crippen LogP contribution in [0.5, 0.6) is 0 Å². The van der Waals surface area contributed by atoms with Gasteiger partial charge in [0.15, 0.2) is 12.2 Å². The smallest absolute Gasteiger partial charge is 0.370 e. The minimum Gasteiger partial charge on any atom is -0.465 e. The molecule has 0 aliphatic carbocycles. The van der Waals surface area contributed by atoms with Crippen molar-refractivity contribution >= 4 is 11.9 Å². The predicted molar refractivity (Wildman–Crippen MR) is 61.4 cm³/mol. The van der Waals surface area contributed by atoms with Crippen LogP contribution < -0.4 is 0 Å². The summed E-state index contributed by atoms with van der Waals surface area (Å²) in [4.78, 5) is 23.7. The van der Waals surface area contributed by atoms with E-state index in [1.807, 2.05) is 0 Å². The van der Waals surface area contributed by atoms with Crippen molar-refractivity contribution in [3.63, 3.8) is 0 Å². The number of hydrogen-bond acceptors (Lipinski definition) is 9. The van der Waals surface area contributed by atoms with E-state index in [-0.39, 0.29) is 0 Å². The van der Waals surface area contributed by atoms with Crippen LogP contribution >= 0.6 is 0 Å². The Labute approximate surface area is 115 Å². The Balaban J connectivity index is 3.25. The van der Waals surface area contributed by atoms with Crippen LogP contribution in [0.1, 0.15) is 0 Å². The van der Waals surface area contributed by atoms with Crippen molar-refractivity contribution in [2.75, 3.05) is 35.5 Å². The van der Waals surface area contributed by atoms with Crippen molar-refractivity contribution in [3.8, 4) is 0 Å². The molecule has 9 nitrogen and oxygen atoms in total. The van der Waals surface area contributed by atoms with Crippen molar-refractivity contribution < 1.29 is 43.1 Å². The second-order valence-electron chi connectivity index (χ2n) is 3.91. The van der Waals surface area contributed by atoms with Crippen molar-refractivity contribution in [1.29, 1.82) is 0 Å². The van der Waals surface area contributed by atoms with Gasteiger partial charge in [-0.3, -0.25) is 0 Å². The number of methoxy groups -OCH3 is 5. The van der Waals surface area contributed by atoms with Crippen molar-refractivity contribution in [2.45, 2.75) is 23.8 Å². The van der Waals surface area contributed by atoms with Crippen molar-refractivity contribution in [2.24, 2.45) is 0 Å². The molecule has 0 amide bonds. The van der Waals surface area contributed by atoms with E-state index in [1.54, 1.807) is 0 Å². The number of rotatable bonds is 6. The van der Waals surface area contributed by atoms with Gasteiger partial charge in [-0.05, 0) is 0 Å². The summed E-state index contributed by atoms with van der Waals surface area (Å²) in [6, 6.07) is 0. The zero-order valence-corrected chi connectivity index (χ0v) is 11.9. The number of carbonyl (C=O) groups is 2. The molecule has 0 spiro atoms. The van der Waals surface area contributed by atoms with Gasteiger partial charge in [0, 0.05) is 28.4 Å². The summed E-state index contributed by atoms with van der Waals surface area (Å²) in [5.74, 6) is -6.20. The summed E-state index contributed by atoms with van der Waals surface area (Å²) < 4.78 is 29.2. The number of ether oxygens (including phenoxy) is 6. The van der Waals surface area contributed by atoms with Crippen LogP contribution in [0, 0.1) is 0 Å². The summed E-state index contributed by atoms with van der Waals surface area (Å²) in [6.45, 7) is 0. The van der Waals surface area contributed by atoms with Gasteiger partial charge < -0.3 is 33.5 Å².